The minimum Gasteiger partial charge on any atom is -0.271 e. The molecule has 0 aliphatic rings. The highest BCUT2D eigenvalue weighted by molar-refractivity contribution is 9.10. The van der Waals surface area contributed by atoms with Crippen LogP contribution in [0.2, 0.25) is 0 Å². The van der Waals surface area contributed by atoms with E-state index in [1.807, 2.05) is 0 Å². The predicted octanol–water partition coefficient (Wildman–Crippen LogP) is 3.61. The molecule has 6 heteroatoms. The molecular formula is C14H12BrF3N2. The quantitative estimate of drug-likeness (QED) is 0.656. The average molecular weight is 345 g/mol. The van der Waals surface area contributed by atoms with E-state index in [0.717, 1.165) is 18.2 Å². The third kappa shape index (κ3) is 3.20. The van der Waals surface area contributed by atoms with Gasteiger partial charge in [-0.3, -0.25) is 11.3 Å². The van der Waals surface area contributed by atoms with Crippen LogP contribution in [-0.4, -0.2) is 0 Å². The zero-order valence-corrected chi connectivity index (χ0v) is 11.9. The van der Waals surface area contributed by atoms with E-state index in [4.69, 9.17) is 5.84 Å². The van der Waals surface area contributed by atoms with Crippen molar-refractivity contribution in [2.75, 3.05) is 0 Å². The summed E-state index contributed by atoms with van der Waals surface area (Å²) in [6.45, 7) is 0. The van der Waals surface area contributed by atoms with E-state index in [1.165, 1.54) is 0 Å². The van der Waals surface area contributed by atoms with E-state index < -0.39 is 23.5 Å². The SMILES string of the molecule is NNC(Cc1cc(F)ccc1F)c1cccc(Br)c1F. The number of nitrogens with two attached hydrogens (primary N) is 1. The van der Waals surface area contributed by atoms with Crippen LogP contribution >= 0.6 is 15.9 Å². The molecule has 0 heterocycles. The van der Waals surface area contributed by atoms with Gasteiger partial charge >= 0.3 is 0 Å². The standard InChI is InChI=1S/C14H12BrF3N2/c15-11-3-1-2-10(14(11)18)13(20-19)7-8-6-9(16)4-5-12(8)17/h1-6,13,20H,7,19H2. The number of halogens is 4. The molecule has 0 bridgehead atoms. The molecule has 0 fully saturated rings. The highest BCUT2D eigenvalue weighted by Crippen LogP contribution is 2.26. The summed E-state index contributed by atoms with van der Waals surface area (Å²) in [6, 6.07) is 7.23. The van der Waals surface area contributed by atoms with Crippen molar-refractivity contribution < 1.29 is 13.2 Å². The average Bonchev–Trinajstić information content (AvgIpc) is 2.43. The summed E-state index contributed by atoms with van der Waals surface area (Å²) in [6.07, 6.45) is 0.0352. The lowest BCUT2D eigenvalue weighted by atomic mass is 9.98. The fourth-order valence-electron chi connectivity index (χ4n) is 1.97. The molecule has 106 valence electrons. The number of hydrogen-bond donors (Lipinski definition) is 2. The molecule has 3 N–H and O–H groups in total. The summed E-state index contributed by atoms with van der Waals surface area (Å²) >= 11 is 3.08. The normalized spacial score (nSPS) is 12.4. The molecule has 0 aromatic heterocycles. The van der Waals surface area contributed by atoms with Gasteiger partial charge in [-0.15, -0.1) is 0 Å². The van der Waals surface area contributed by atoms with Crippen LogP contribution in [-0.2, 0) is 6.42 Å². The maximum Gasteiger partial charge on any atom is 0.142 e. The van der Waals surface area contributed by atoms with Crippen molar-refractivity contribution in [3.63, 3.8) is 0 Å². The molecular weight excluding hydrogens is 333 g/mol. The van der Waals surface area contributed by atoms with E-state index in [9.17, 15) is 13.2 Å². The van der Waals surface area contributed by atoms with Crippen LogP contribution in [0.25, 0.3) is 0 Å². The number of benzene rings is 2. The maximum absolute atomic E-state index is 14.0. The number of rotatable bonds is 4. The van der Waals surface area contributed by atoms with Crippen molar-refractivity contribution in [2.45, 2.75) is 12.5 Å². The monoisotopic (exact) mass is 344 g/mol. The molecule has 2 rings (SSSR count). The minimum absolute atomic E-state index is 0.0352. The smallest absolute Gasteiger partial charge is 0.142 e. The van der Waals surface area contributed by atoms with Crippen LogP contribution in [0, 0.1) is 17.5 Å². The lowest BCUT2D eigenvalue weighted by Gasteiger charge is -2.18. The van der Waals surface area contributed by atoms with Crippen LogP contribution < -0.4 is 11.3 Å². The molecule has 2 aromatic carbocycles. The Morgan fingerprint density at radius 1 is 1.15 bits per heavy atom. The highest BCUT2D eigenvalue weighted by Gasteiger charge is 2.18. The third-order valence-corrected chi connectivity index (χ3v) is 3.60. The summed E-state index contributed by atoms with van der Waals surface area (Å²) in [4.78, 5) is 0. The van der Waals surface area contributed by atoms with Crippen LogP contribution in [0.4, 0.5) is 13.2 Å². The van der Waals surface area contributed by atoms with Gasteiger partial charge in [-0.1, -0.05) is 12.1 Å². The van der Waals surface area contributed by atoms with Crippen molar-refractivity contribution >= 4 is 15.9 Å². The Morgan fingerprint density at radius 3 is 2.60 bits per heavy atom. The van der Waals surface area contributed by atoms with E-state index in [2.05, 4.69) is 21.4 Å². The van der Waals surface area contributed by atoms with Crippen LogP contribution in [0.15, 0.2) is 40.9 Å². The topological polar surface area (TPSA) is 38.0 Å². The Hall–Kier alpha value is -1.37. The van der Waals surface area contributed by atoms with Crippen molar-refractivity contribution in [1.82, 2.24) is 5.43 Å². The molecule has 0 amide bonds. The molecule has 0 saturated carbocycles. The molecule has 1 unspecified atom stereocenters. The highest BCUT2D eigenvalue weighted by atomic mass is 79.9. The second-order valence-electron chi connectivity index (χ2n) is 4.30. The minimum atomic E-state index is -0.663. The fourth-order valence-corrected chi connectivity index (χ4v) is 2.35. The third-order valence-electron chi connectivity index (χ3n) is 2.99. The summed E-state index contributed by atoms with van der Waals surface area (Å²) in [5.41, 5.74) is 2.85. The van der Waals surface area contributed by atoms with Crippen molar-refractivity contribution in [3.8, 4) is 0 Å². The number of hydrogen-bond acceptors (Lipinski definition) is 2. The van der Waals surface area contributed by atoms with Gasteiger partial charge in [0, 0.05) is 5.56 Å². The summed E-state index contributed by atoms with van der Waals surface area (Å²) < 4.78 is 41.1. The van der Waals surface area contributed by atoms with Gasteiger partial charge in [-0.05, 0) is 52.2 Å². The fraction of sp³-hybridized carbons (Fsp3) is 0.143. The Kier molecular flexibility index (Phi) is 4.80. The van der Waals surface area contributed by atoms with Crippen LogP contribution in [0.3, 0.4) is 0 Å². The molecule has 2 nitrogen and oxygen atoms in total. The first-order chi connectivity index (χ1) is 9.52. The molecule has 2 aromatic rings. The largest absolute Gasteiger partial charge is 0.271 e. The molecule has 0 aliphatic heterocycles. The maximum atomic E-state index is 14.0. The van der Waals surface area contributed by atoms with Crippen molar-refractivity contribution in [3.05, 3.63) is 69.4 Å². The van der Waals surface area contributed by atoms with Gasteiger partial charge < -0.3 is 0 Å². The Balaban J connectivity index is 2.34. The van der Waals surface area contributed by atoms with Crippen LogP contribution in [0.1, 0.15) is 17.2 Å². The van der Waals surface area contributed by atoms with E-state index in [-0.39, 0.29) is 22.0 Å². The van der Waals surface area contributed by atoms with Gasteiger partial charge in [0.1, 0.15) is 17.5 Å². The number of nitrogens with one attached hydrogen (secondary N) is 1. The molecule has 0 saturated heterocycles. The summed E-state index contributed by atoms with van der Waals surface area (Å²) in [5.74, 6) is 3.83. The van der Waals surface area contributed by atoms with Gasteiger partial charge in [-0.25, -0.2) is 13.2 Å². The molecule has 0 spiro atoms. The second kappa shape index (κ2) is 6.39. The Morgan fingerprint density at radius 2 is 1.90 bits per heavy atom. The zero-order chi connectivity index (χ0) is 14.7. The van der Waals surface area contributed by atoms with Gasteiger partial charge in [0.05, 0.1) is 10.5 Å². The molecule has 0 radical (unpaired) electrons. The van der Waals surface area contributed by atoms with Gasteiger partial charge in [0.25, 0.3) is 0 Å². The summed E-state index contributed by atoms with van der Waals surface area (Å²) in [5, 5.41) is 0. The number of hydrazine groups is 1. The lowest BCUT2D eigenvalue weighted by Crippen LogP contribution is -2.30. The van der Waals surface area contributed by atoms with E-state index in [0.29, 0.717) is 0 Å². The Labute approximate surface area is 122 Å². The van der Waals surface area contributed by atoms with Crippen LogP contribution in [0.5, 0.6) is 0 Å². The Bertz CT molecular complexity index is 619. The molecule has 0 aliphatic carbocycles. The molecule has 1 atom stereocenters. The first-order valence-electron chi connectivity index (χ1n) is 5.87. The second-order valence-corrected chi connectivity index (χ2v) is 5.16. The first kappa shape index (κ1) is 15.0. The van der Waals surface area contributed by atoms with Crippen molar-refractivity contribution in [1.29, 1.82) is 0 Å². The zero-order valence-electron chi connectivity index (χ0n) is 10.3. The van der Waals surface area contributed by atoms with E-state index in [1.54, 1.807) is 18.2 Å². The van der Waals surface area contributed by atoms with Crippen molar-refractivity contribution in [2.24, 2.45) is 5.84 Å². The first-order valence-corrected chi connectivity index (χ1v) is 6.66. The summed E-state index contributed by atoms with van der Waals surface area (Å²) in [7, 11) is 0. The van der Waals surface area contributed by atoms with Gasteiger partial charge in [-0.2, -0.15) is 0 Å². The predicted molar refractivity (Wildman–Crippen MR) is 74.2 cm³/mol. The lowest BCUT2D eigenvalue weighted by molar-refractivity contribution is 0.494. The van der Waals surface area contributed by atoms with Gasteiger partial charge in [0.2, 0.25) is 0 Å². The molecule has 20 heavy (non-hydrogen) atoms. The van der Waals surface area contributed by atoms with E-state index >= 15 is 0 Å². The van der Waals surface area contributed by atoms with Gasteiger partial charge in [0.15, 0.2) is 0 Å².